The lowest BCUT2D eigenvalue weighted by Gasteiger charge is -2.26. The maximum atomic E-state index is 13.0. The number of ether oxygens (including phenoxy) is 4. The van der Waals surface area contributed by atoms with Gasteiger partial charge in [-0.3, -0.25) is 9.59 Å². The first-order chi connectivity index (χ1) is 44.6. The van der Waals surface area contributed by atoms with Crippen molar-refractivity contribution in [3.63, 3.8) is 0 Å². The zero-order valence-corrected chi connectivity index (χ0v) is 59.2. The topological polar surface area (TPSA) is 111 Å². The van der Waals surface area contributed by atoms with Crippen molar-refractivity contribution >= 4 is 17.9 Å². The van der Waals surface area contributed by atoms with Crippen LogP contribution >= 0.6 is 0 Å². The molecule has 0 aromatic carbocycles. The second kappa shape index (κ2) is 71.0. The molecule has 0 aliphatic carbocycles. The number of allylic oxidation sites excluding steroid dienone is 24. The van der Waals surface area contributed by atoms with E-state index in [4.69, 9.17) is 18.9 Å². The van der Waals surface area contributed by atoms with E-state index in [1.807, 2.05) is 21.1 Å². The molecule has 0 spiro atoms. The van der Waals surface area contributed by atoms with E-state index < -0.39 is 24.3 Å². The highest BCUT2D eigenvalue weighted by Crippen LogP contribution is 2.17. The van der Waals surface area contributed by atoms with Gasteiger partial charge in [-0.25, -0.2) is 0 Å². The minimum atomic E-state index is -1.63. The molecule has 0 aromatic heterocycles. The van der Waals surface area contributed by atoms with Gasteiger partial charge in [0.15, 0.2) is 12.4 Å². The number of carboxylic acid groups (broad SMARTS) is 1. The minimum Gasteiger partial charge on any atom is -0.545 e. The zero-order chi connectivity index (χ0) is 66.1. The molecular formula is C82H137NO8. The van der Waals surface area contributed by atoms with Gasteiger partial charge in [0.25, 0.3) is 0 Å². The Balaban J connectivity index is 4.13. The number of carboxylic acids is 1. The molecule has 0 aliphatic rings. The van der Waals surface area contributed by atoms with E-state index in [9.17, 15) is 19.5 Å². The van der Waals surface area contributed by atoms with Gasteiger partial charge in [0.05, 0.1) is 40.3 Å². The number of rotatable bonds is 67. The number of unbranched alkanes of at least 4 members (excludes halogenated alkanes) is 28. The van der Waals surface area contributed by atoms with Crippen molar-refractivity contribution in [3.05, 3.63) is 146 Å². The number of aliphatic carboxylic acids is 1. The van der Waals surface area contributed by atoms with E-state index in [0.717, 1.165) is 122 Å². The first-order valence-corrected chi connectivity index (χ1v) is 37.0. The van der Waals surface area contributed by atoms with Gasteiger partial charge >= 0.3 is 11.9 Å². The van der Waals surface area contributed by atoms with Crippen molar-refractivity contribution in [1.82, 2.24) is 0 Å². The highest BCUT2D eigenvalue weighted by Gasteiger charge is 2.22. The fourth-order valence-corrected chi connectivity index (χ4v) is 10.0. The fourth-order valence-electron chi connectivity index (χ4n) is 10.0. The van der Waals surface area contributed by atoms with E-state index >= 15 is 0 Å². The average Bonchev–Trinajstić information content (AvgIpc) is 3.46. The van der Waals surface area contributed by atoms with Gasteiger partial charge < -0.3 is 33.3 Å². The molecular weight excluding hydrogens is 1130 g/mol. The van der Waals surface area contributed by atoms with Crippen LogP contribution in [0.1, 0.15) is 296 Å². The Hall–Kier alpha value is -4.83. The third kappa shape index (κ3) is 72.5. The Labute approximate surface area is 560 Å². The minimum absolute atomic E-state index is 0.140. The van der Waals surface area contributed by atoms with Crippen molar-refractivity contribution in [1.29, 1.82) is 0 Å². The van der Waals surface area contributed by atoms with Crippen LogP contribution < -0.4 is 5.11 Å². The quantitative estimate of drug-likeness (QED) is 0.0195. The first-order valence-electron chi connectivity index (χ1n) is 37.0. The van der Waals surface area contributed by atoms with Crippen LogP contribution in [0.2, 0.25) is 0 Å². The van der Waals surface area contributed by atoms with Crippen LogP contribution in [0.3, 0.4) is 0 Å². The number of nitrogens with zero attached hydrogens (tertiary/aromatic N) is 1. The van der Waals surface area contributed by atoms with Crippen LogP contribution in [-0.2, 0) is 33.3 Å². The highest BCUT2D eigenvalue weighted by atomic mass is 16.7. The molecule has 0 saturated carbocycles. The molecule has 0 amide bonds. The summed E-state index contributed by atoms with van der Waals surface area (Å²) in [5.74, 6) is -2.29. The molecule has 0 N–H and O–H groups in total. The summed E-state index contributed by atoms with van der Waals surface area (Å²) in [4.78, 5) is 37.6. The molecule has 0 fully saturated rings. The summed E-state index contributed by atoms with van der Waals surface area (Å²) >= 11 is 0. The molecule has 0 aromatic rings. The van der Waals surface area contributed by atoms with Crippen molar-refractivity contribution in [2.45, 2.75) is 309 Å². The Morgan fingerprint density at radius 1 is 0.330 bits per heavy atom. The highest BCUT2D eigenvalue weighted by molar-refractivity contribution is 5.70. The molecule has 0 rings (SSSR count). The predicted molar refractivity (Wildman–Crippen MR) is 389 cm³/mol. The van der Waals surface area contributed by atoms with Gasteiger partial charge in [0.2, 0.25) is 0 Å². The van der Waals surface area contributed by atoms with Gasteiger partial charge in [-0.15, -0.1) is 0 Å². The normalized spacial score (nSPS) is 13.5. The van der Waals surface area contributed by atoms with Gasteiger partial charge in [0, 0.05) is 12.8 Å². The molecule has 0 saturated heterocycles. The lowest BCUT2D eigenvalue weighted by molar-refractivity contribution is -0.870. The van der Waals surface area contributed by atoms with E-state index in [1.165, 1.54) is 141 Å². The number of likely N-dealkylation sites (N-methyl/N-ethyl adjacent to an activating group) is 1. The van der Waals surface area contributed by atoms with Crippen LogP contribution in [0.15, 0.2) is 146 Å². The van der Waals surface area contributed by atoms with Gasteiger partial charge in [-0.2, -0.15) is 0 Å². The molecule has 0 heterocycles. The lowest BCUT2D eigenvalue weighted by atomic mass is 10.0. The molecule has 91 heavy (non-hydrogen) atoms. The summed E-state index contributed by atoms with van der Waals surface area (Å²) in [6.45, 7) is 4.52. The standard InChI is InChI=1S/C82H137NO8/c1-6-8-10-12-14-16-18-20-22-24-26-28-30-32-34-36-38-40-42-44-46-48-50-52-54-56-58-60-62-64-66-68-70-72-79(84)89-76-78(77-90-82(81(86)87)88-75-74-83(3,4)5)91-80(85)73-71-69-67-65-63-61-59-57-55-53-51-49-47-45-43-41-39-37-35-33-31-29-27-25-23-21-19-17-15-13-11-9-7-2/h8-11,14-17,20-23,26-29,33,35,39,41,45,47,51,53,78,82H,6-7,12-13,18-19,24-25,30-32,34,36-38,40,42-44,46,48-50,52,54-77H2,1-5H3/b10-8-,11-9-,16-14-,17-15-,22-20-,23-21-,28-26-,29-27-,35-33-,41-39-,47-45-,53-51-. The number of carbonyl (C=O) groups excluding carboxylic acids is 3. The maximum absolute atomic E-state index is 13.0. The van der Waals surface area contributed by atoms with Crippen molar-refractivity contribution < 1.29 is 42.9 Å². The molecule has 0 bridgehead atoms. The monoisotopic (exact) mass is 1260 g/mol. The molecule has 0 aliphatic heterocycles. The summed E-state index contributed by atoms with van der Waals surface area (Å²) in [5, 5.41) is 11.8. The van der Waals surface area contributed by atoms with E-state index in [2.05, 4.69) is 160 Å². The average molecular weight is 1260 g/mol. The van der Waals surface area contributed by atoms with Gasteiger partial charge in [0.1, 0.15) is 13.2 Å². The summed E-state index contributed by atoms with van der Waals surface area (Å²) in [5.41, 5.74) is 0. The zero-order valence-electron chi connectivity index (χ0n) is 59.2. The SMILES string of the molecule is CC/C=C\C/C=C\C/C=C\C/C=C\C/C=C\C/C=C\C/C=C\C/C=C\CCCCCCCCCCC(=O)OC(COC(=O)CCCCCCCCCCCCCCCCCCCCCC/C=C\C/C=C\C/C=C\C/C=C\CC)COC(OCC[N+](C)(C)C)C(=O)[O-]. The van der Waals surface area contributed by atoms with Crippen LogP contribution in [0.4, 0.5) is 0 Å². The van der Waals surface area contributed by atoms with Crippen LogP contribution in [0.5, 0.6) is 0 Å². The maximum Gasteiger partial charge on any atom is 0.306 e. The number of quaternary nitrogens is 1. The second-order valence-corrected chi connectivity index (χ2v) is 25.5. The molecule has 2 unspecified atom stereocenters. The third-order valence-corrected chi connectivity index (χ3v) is 15.6. The van der Waals surface area contributed by atoms with Crippen LogP contribution in [0, 0.1) is 0 Å². The largest absolute Gasteiger partial charge is 0.545 e. The molecule has 2 atom stereocenters. The molecule has 518 valence electrons. The number of hydrogen-bond acceptors (Lipinski definition) is 8. The smallest absolute Gasteiger partial charge is 0.306 e. The van der Waals surface area contributed by atoms with E-state index in [0.29, 0.717) is 17.4 Å². The van der Waals surface area contributed by atoms with Crippen molar-refractivity contribution in [3.8, 4) is 0 Å². The summed E-state index contributed by atoms with van der Waals surface area (Å²) in [7, 11) is 5.93. The second-order valence-electron chi connectivity index (χ2n) is 25.5. The summed E-state index contributed by atoms with van der Waals surface area (Å²) < 4.78 is 22.8. The van der Waals surface area contributed by atoms with Crippen molar-refractivity contribution in [2.24, 2.45) is 0 Å². The molecule has 9 heteroatoms. The number of hydrogen-bond donors (Lipinski definition) is 0. The molecule has 0 radical (unpaired) electrons. The van der Waals surface area contributed by atoms with E-state index in [1.54, 1.807) is 0 Å². The summed E-state index contributed by atoms with van der Waals surface area (Å²) in [6, 6.07) is 0. The fraction of sp³-hybridized carbons (Fsp3) is 0.671. The lowest BCUT2D eigenvalue weighted by Crippen LogP contribution is -2.44. The first kappa shape index (κ1) is 86.2. The van der Waals surface area contributed by atoms with Crippen LogP contribution in [0.25, 0.3) is 0 Å². The Morgan fingerprint density at radius 2 is 0.593 bits per heavy atom. The van der Waals surface area contributed by atoms with Crippen molar-refractivity contribution in [2.75, 3.05) is 47.5 Å². The Bertz CT molecular complexity index is 2010. The van der Waals surface area contributed by atoms with E-state index in [-0.39, 0.29) is 38.6 Å². The molecule has 9 nitrogen and oxygen atoms in total. The predicted octanol–water partition coefficient (Wildman–Crippen LogP) is 22.1. The van der Waals surface area contributed by atoms with Crippen LogP contribution in [-0.4, -0.2) is 82.3 Å². The summed E-state index contributed by atoms with van der Waals surface area (Å²) in [6.07, 6.45) is 101. The third-order valence-electron chi connectivity index (χ3n) is 15.6. The number of carbonyl (C=O) groups is 3. The number of esters is 2. The van der Waals surface area contributed by atoms with Gasteiger partial charge in [-0.05, 0) is 116 Å². The van der Waals surface area contributed by atoms with Gasteiger partial charge in [-0.1, -0.05) is 314 Å². The Morgan fingerprint density at radius 3 is 0.879 bits per heavy atom. The Kier molecular flexibility index (Phi) is 67.3.